The van der Waals surface area contributed by atoms with Crippen molar-refractivity contribution < 1.29 is 18.4 Å². The molecule has 0 radical (unpaired) electrons. The molecule has 0 atom stereocenters. The highest BCUT2D eigenvalue weighted by molar-refractivity contribution is 7.54. The standard InChI is InChI=1S/C16H25N2O4P.C2H6/c1-21-23(20,22-2)12-15(19)8-4-3-7-14-10-9-13-6-5-11-17-16(13)18-14;1-2/h9-10H,3-8,11-12H2,1-2H3,(H,17,18);1-2H3. The van der Waals surface area contributed by atoms with Gasteiger partial charge in [-0.2, -0.15) is 0 Å². The zero-order chi connectivity index (χ0) is 18.7. The molecule has 1 aliphatic rings. The van der Waals surface area contributed by atoms with Gasteiger partial charge in [-0.15, -0.1) is 0 Å². The maximum atomic E-state index is 11.9. The summed E-state index contributed by atoms with van der Waals surface area (Å²) in [6.07, 6.45) is 4.95. The van der Waals surface area contributed by atoms with Gasteiger partial charge in [0.05, 0.1) is 0 Å². The maximum absolute atomic E-state index is 11.9. The van der Waals surface area contributed by atoms with Crippen LogP contribution in [-0.4, -0.2) is 37.7 Å². The molecule has 6 nitrogen and oxygen atoms in total. The molecule has 0 amide bonds. The molecule has 7 heteroatoms. The number of aromatic nitrogens is 1. The number of pyridine rings is 1. The number of carbonyl (C=O) groups is 1. The van der Waals surface area contributed by atoms with E-state index in [-0.39, 0.29) is 11.9 Å². The Hall–Kier alpha value is -1.23. The zero-order valence-electron chi connectivity index (χ0n) is 15.8. The lowest BCUT2D eigenvalue weighted by Gasteiger charge is -2.17. The Morgan fingerprint density at radius 1 is 1.24 bits per heavy atom. The van der Waals surface area contributed by atoms with E-state index in [4.69, 9.17) is 9.05 Å². The number of unbranched alkanes of at least 4 members (excludes halogenated alkanes) is 1. The van der Waals surface area contributed by atoms with Gasteiger partial charge in [-0.05, 0) is 43.7 Å². The molecule has 2 heterocycles. The van der Waals surface area contributed by atoms with Crippen LogP contribution in [0.25, 0.3) is 0 Å². The molecule has 0 bridgehead atoms. The molecule has 0 saturated carbocycles. The Morgan fingerprint density at radius 3 is 2.64 bits per heavy atom. The fourth-order valence-corrected chi connectivity index (χ4v) is 3.63. The van der Waals surface area contributed by atoms with E-state index in [2.05, 4.69) is 22.4 Å². The van der Waals surface area contributed by atoms with Gasteiger partial charge in [0.15, 0.2) is 0 Å². The Labute approximate surface area is 151 Å². The molecule has 1 aromatic rings. The van der Waals surface area contributed by atoms with Gasteiger partial charge in [-0.1, -0.05) is 19.9 Å². The van der Waals surface area contributed by atoms with Crippen LogP contribution in [0.5, 0.6) is 0 Å². The maximum Gasteiger partial charge on any atom is 0.337 e. The fraction of sp³-hybridized carbons (Fsp3) is 0.667. The van der Waals surface area contributed by atoms with E-state index in [0.29, 0.717) is 6.42 Å². The lowest BCUT2D eigenvalue weighted by atomic mass is 10.1. The fourth-order valence-electron chi connectivity index (χ4n) is 2.64. The summed E-state index contributed by atoms with van der Waals surface area (Å²) in [4.78, 5) is 16.5. The van der Waals surface area contributed by atoms with Crippen LogP contribution in [0.3, 0.4) is 0 Å². The largest absolute Gasteiger partial charge is 0.370 e. The minimum Gasteiger partial charge on any atom is -0.370 e. The van der Waals surface area contributed by atoms with Crippen LogP contribution in [0.4, 0.5) is 5.82 Å². The number of fused-ring (bicyclic) bond motifs is 1. The Balaban J connectivity index is 0.00000151. The van der Waals surface area contributed by atoms with Crippen molar-refractivity contribution >= 4 is 19.2 Å². The molecule has 1 aliphatic heterocycles. The molecule has 0 aliphatic carbocycles. The van der Waals surface area contributed by atoms with Crippen LogP contribution in [0.15, 0.2) is 12.1 Å². The van der Waals surface area contributed by atoms with Gasteiger partial charge in [0.25, 0.3) is 0 Å². The molecule has 0 unspecified atom stereocenters. The second kappa shape index (κ2) is 11.4. The first-order valence-electron chi connectivity index (χ1n) is 9.01. The Kier molecular flexibility index (Phi) is 9.94. The quantitative estimate of drug-likeness (QED) is 0.518. The van der Waals surface area contributed by atoms with Crippen molar-refractivity contribution in [3.05, 3.63) is 23.4 Å². The van der Waals surface area contributed by atoms with Gasteiger partial charge < -0.3 is 14.4 Å². The lowest BCUT2D eigenvalue weighted by Crippen LogP contribution is -2.14. The van der Waals surface area contributed by atoms with Crippen molar-refractivity contribution in [2.45, 2.75) is 52.4 Å². The average molecular weight is 370 g/mol. The number of nitrogens with one attached hydrogen (secondary N) is 1. The third-order valence-electron chi connectivity index (χ3n) is 4.02. The molecule has 0 aromatic carbocycles. The number of nitrogens with zero attached hydrogens (tertiary/aromatic N) is 1. The smallest absolute Gasteiger partial charge is 0.337 e. The molecule has 2 rings (SSSR count). The summed E-state index contributed by atoms with van der Waals surface area (Å²) >= 11 is 0. The topological polar surface area (TPSA) is 77.5 Å². The number of hydrogen-bond donors (Lipinski definition) is 1. The van der Waals surface area contributed by atoms with E-state index in [1.165, 1.54) is 19.8 Å². The molecular weight excluding hydrogens is 339 g/mol. The highest BCUT2D eigenvalue weighted by Gasteiger charge is 2.24. The van der Waals surface area contributed by atoms with Gasteiger partial charge >= 0.3 is 7.60 Å². The number of rotatable bonds is 9. The first-order chi connectivity index (χ1) is 12.1. The Morgan fingerprint density at radius 2 is 1.96 bits per heavy atom. The second-order valence-corrected chi connectivity index (χ2v) is 7.99. The molecule has 0 spiro atoms. The number of anilines is 1. The number of ketones is 1. The Bertz CT molecular complexity index is 584. The van der Waals surface area contributed by atoms with Gasteiger partial charge in [0.1, 0.15) is 17.8 Å². The molecular formula is C18H31N2O4P. The minimum absolute atomic E-state index is 0.0860. The van der Waals surface area contributed by atoms with Crippen molar-refractivity contribution in [3.8, 4) is 0 Å². The van der Waals surface area contributed by atoms with Crippen molar-refractivity contribution in [1.82, 2.24) is 4.98 Å². The molecule has 0 fully saturated rings. The van der Waals surface area contributed by atoms with Gasteiger partial charge in [0.2, 0.25) is 0 Å². The van der Waals surface area contributed by atoms with Crippen molar-refractivity contribution in [3.63, 3.8) is 0 Å². The van der Waals surface area contributed by atoms with Crippen LogP contribution >= 0.6 is 7.60 Å². The summed E-state index contributed by atoms with van der Waals surface area (Å²) in [5.41, 5.74) is 2.33. The van der Waals surface area contributed by atoms with Crippen LogP contribution in [-0.2, 0) is 31.2 Å². The third kappa shape index (κ3) is 7.27. The van der Waals surface area contributed by atoms with E-state index in [9.17, 15) is 9.36 Å². The summed E-state index contributed by atoms with van der Waals surface area (Å²) in [7, 11) is -0.630. The van der Waals surface area contributed by atoms with Crippen LogP contribution in [0.1, 0.15) is 50.8 Å². The summed E-state index contributed by atoms with van der Waals surface area (Å²) < 4.78 is 21.4. The normalized spacial score (nSPS) is 13.3. The highest BCUT2D eigenvalue weighted by atomic mass is 31.2. The molecule has 1 aromatic heterocycles. The van der Waals surface area contributed by atoms with E-state index >= 15 is 0 Å². The van der Waals surface area contributed by atoms with Gasteiger partial charge in [-0.25, -0.2) is 4.98 Å². The molecule has 25 heavy (non-hydrogen) atoms. The average Bonchev–Trinajstić information content (AvgIpc) is 2.66. The first-order valence-corrected chi connectivity index (χ1v) is 10.7. The van der Waals surface area contributed by atoms with Crippen molar-refractivity contribution in [2.75, 3.05) is 32.2 Å². The third-order valence-corrected chi connectivity index (χ3v) is 5.87. The summed E-state index contributed by atoms with van der Waals surface area (Å²) in [6, 6.07) is 4.21. The van der Waals surface area contributed by atoms with E-state index in [0.717, 1.165) is 50.2 Å². The summed E-state index contributed by atoms with van der Waals surface area (Å²) in [5, 5.41) is 3.33. The number of aryl methyl sites for hydroxylation is 2. The van der Waals surface area contributed by atoms with E-state index in [1.807, 2.05) is 13.8 Å². The van der Waals surface area contributed by atoms with Crippen molar-refractivity contribution in [1.29, 1.82) is 0 Å². The lowest BCUT2D eigenvalue weighted by molar-refractivity contribution is -0.117. The van der Waals surface area contributed by atoms with Crippen LogP contribution in [0, 0.1) is 0 Å². The summed E-state index contributed by atoms with van der Waals surface area (Å²) in [6.45, 7) is 4.98. The summed E-state index contributed by atoms with van der Waals surface area (Å²) in [5.74, 6) is 0.919. The van der Waals surface area contributed by atoms with Crippen LogP contribution < -0.4 is 5.32 Å². The van der Waals surface area contributed by atoms with E-state index < -0.39 is 7.60 Å². The second-order valence-electron chi connectivity index (χ2n) is 5.72. The minimum atomic E-state index is -3.23. The molecule has 0 saturated heterocycles. The molecule has 142 valence electrons. The number of hydrogen-bond acceptors (Lipinski definition) is 6. The van der Waals surface area contributed by atoms with E-state index in [1.54, 1.807) is 0 Å². The predicted octanol–water partition coefficient (Wildman–Crippen LogP) is 4.23. The van der Waals surface area contributed by atoms with Crippen LogP contribution in [0.2, 0.25) is 0 Å². The molecule has 1 N–H and O–H groups in total. The number of carbonyl (C=O) groups excluding carboxylic acids is 1. The van der Waals surface area contributed by atoms with Gasteiger partial charge in [-0.3, -0.25) is 9.36 Å². The highest BCUT2D eigenvalue weighted by Crippen LogP contribution is 2.46. The van der Waals surface area contributed by atoms with Gasteiger partial charge in [0, 0.05) is 32.9 Å². The SMILES string of the molecule is CC.COP(=O)(CC(=O)CCCCc1ccc2c(n1)NCCC2)OC. The zero-order valence-corrected chi connectivity index (χ0v) is 16.7. The first kappa shape index (κ1) is 21.8. The van der Waals surface area contributed by atoms with Crippen molar-refractivity contribution in [2.24, 2.45) is 0 Å². The monoisotopic (exact) mass is 370 g/mol. The predicted molar refractivity (Wildman–Crippen MR) is 101 cm³/mol. The number of Topliss-reactive ketones (excluding diaryl/α,β-unsaturated/α-hetero) is 1.